The predicted octanol–water partition coefficient (Wildman–Crippen LogP) is 3.77. The van der Waals surface area contributed by atoms with Gasteiger partial charge in [-0.3, -0.25) is 5.32 Å². The summed E-state index contributed by atoms with van der Waals surface area (Å²) < 4.78 is 1.96. The standard InChI is InChI=1S/C11H12Br2N2/c1-7(2)15-11(6-14)8-3-4-9(12)10(13)5-8/h3-5,7,11,15H,1-2H3. The Morgan fingerprint density at radius 3 is 2.40 bits per heavy atom. The second kappa shape index (κ2) is 5.64. The molecular weight excluding hydrogens is 320 g/mol. The Balaban J connectivity index is 2.94. The lowest BCUT2D eigenvalue weighted by Gasteiger charge is -2.15. The summed E-state index contributed by atoms with van der Waals surface area (Å²) in [5.41, 5.74) is 0.973. The fourth-order valence-corrected chi connectivity index (χ4v) is 1.88. The molecule has 0 saturated carbocycles. The largest absolute Gasteiger partial charge is 0.296 e. The van der Waals surface area contributed by atoms with Crippen LogP contribution in [0.5, 0.6) is 0 Å². The third-order valence-corrected chi connectivity index (χ3v) is 3.79. The maximum absolute atomic E-state index is 9.05. The van der Waals surface area contributed by atoms with Gasteiger partial charge >= 0.3 is 0 Å². The van der Waals surface area contributed by atoms with Crippen molar-refractivity contribution < 1.29 is 0 Å². The molecule has 0 radical (unpaired) electrons. The quantitative estimate of drug-likeness (QED) is 0.915. The van der Waals surface area contributed by atoms with Crippen molar-refractivity contribution in [3.8, 4) is 6.07 Å². The van der Waals surface area contributed by atoms with Crippen LogP contribution in [0.25, 0.3) is 0 Å². The van der Waals surface area contributed by atoms with E-state index in [2.05, 4.69) is 43.2 Å². The van der Waals surface area contributed by atoms with Crippen LogP contribution >= 0.6 is 31.9 Å². The molecule has 1 N–H and O–H groups in total. The third-order valence-electron chi connectivity index (χ3n) is 1.91. The molecule has 0 aliphatic carbocycles. The lowest BCUT2D eigenvalue weighted by Crippen LogP contribution is -2.27. The van der Waals surface area contributed by atoms with E-state index >= 15 is 0 Å². The summed E-state index contributed by atoms with van der Waals surface area (Å²) >= 11 is 6.83. The molecule has 1 rings (SSSR count). The number of benzene rings is 1. The lowest BCUT2D eigenvalue weighted by molar-refractivity contribution is 0.546. The maximum Gasteiger partial charge on any atom is 0.121 e. The first kappa shape index (κ1) is 12.7. The van der Waals surface area contributed by atoms with Crippen molar-refractivity contribution in [1.82, 2.24) is 5.32 Å². The van der Waals surface area contributed by atoms with Gasteiger partial charge in [0.1, 0.15) is 6.04 Å². The molecule has 0 aromatic heterocycles. The van der Waals surface area contributed by atoms with Gasteiger partial charge in [-0.25, -0.2) is 0 Å². The predicted molar refractivity (Wildman–Crippen MR) is 68.5 cm³/mol. The van der Waals surface area contributed by atoms with Crippen molar-refractivity contribution in [1.29, 1.82) is 5.26 Å². The van der Waals surface area contributed by atoms with Crippen LogP contribution in [0.4, 0.5) is 0 Å². The minimum Gasteiger partial charge on any atom is -0.296 e. The molecule has 15 heavy (non-hydrogen) atoms. The van der Waals surface area contributed by atoms with Crippen molar-refractivity contribution in [3.05, 3.63) is 32.7 Å². The zero-order valence-corrected chi connectivity index (χ0v) is 11.8. The maximum atomic E-state index is 9.05. The highest BCUT2D eigenvalue weighted by Gasteiger charge is 2.12. The molecule has 2 nitrogen and oxygen atoms in total. The molecule has 0 fully saturated rings. The topological polar surface area (TPSA) is 35.8 Å². The summed E-state index contributed by atoms with van der Waals surface area (Å²) in [4.78, 5) is 0. The Bertz CT molecular complexity index is 383. The lowest BCUT2D eigenvalue weighted by atomic mass is 10.1. The Morgan fingerprint density at radius 1 is 1.27 bits per heavy atom. The number of halogens is 2. The summed E-state index contributed by atoms with van der Waals surface area (Å²) in [5, 5.41) is 12.2. The van der Waals surface area contributed by atoms with E-state index in [1.54, 1.807) is 0 Å². The molecule has 0 saturated heterocycles. The Kier molecular flexibility index (Phi) is 4.78. The van der Waals surface area contributed by atoms with Crippen molar-refractivity contribution in [3.63, 3.8) is 0 Å². The second-order valence-electron chi connectivity index (χ2n) is 3.56. The van der Waals surface area contributed by atoms with Crippen LogP contribution in [0.3, 0.4) is 0 Å². The van der Waals surface area contributed by atoms with Gasteiger partial charge in [0, 0.05) is 15.0 Å². The highest BCUT2D eigenvalue weighted by molar-refractivity contribution is 9.13. The molecular formula is C11H12Br2N2. The zero-order valence-electron chi connectivity index (χ0n) is 8.59. The first-order valence-corrected chi connectivity index (χ1v) is 6.24. The molecule has 1 aromatic carbocycles. The van der Waals surface area contributed by atoms with Crippen molar-refractivity contribution in [2.24, 2.45) is 0 Å². The molecule has 0 heterocycles. The normalized spacial score (nSPS) is 12.5. The molecule has 4 heteroatoms. The van der Waals surface area contributed by atoms with Gasteiger partial charge in [0.2, 0.25) is 0 Å². The van der Waals surface area contributed by atoms with E-state index < -0.39 is 0 Å². The van der Waals surface area contributed by atoms with E-state index in [0.29, 0.717) is 0 Å². The second-order valence-corrected chi connectivity index (χ2v) is 5.27. The minimum atomic E-state index is -0.255. The molecule has 1 aromatic rings. The third kappa shape index (κ3) is 3.60. The van der Waals surface area contributed by atoms with Crippen LogP contribution < -0.4 is 5.32 Å². The van der Waals surface area contributed by atoms with Crippen molar-refractivity contribution >= 4 is 31.9 Å². The first-order valence-electron chi connectivity index (χ1n) is 4.65. The van der Waals surface area contributed by atoms with E-state index in [4.69, 9.17) is 5.26 Å². The van der Waals surface area contributed by atoms with Crippen LogP contribution in [0.2, 0.25) is 0 Å². The number of nitrogens with one attached hydrogen (secondary N) is 1. The minimum absolute atomic E-state index is 0.255. The zero-order chi connectivity index (χ0) is 11.4. The number of nitrogens with zero attached hydrogens (tertiary/aromatic N) is 1. The van der Waals surface area contributed by atoms with Crippen LogP contribution in [-0.2, 0) is 0 Å². The van der Waals surface area contributed by atoms with E-state index in [0.717, 1.165) is 14.5 Å². The SMILES string of the molecule is CC(C)NC(C#N)c1ccc(Br)c(Br)c1. The Hall–Kier alpha value is -0.370. The Labute approximate surface area is 107 Å². The number of nitriles is 1. The van der Waals surface area contributed by atoms with Crippen LogP contribution in [0.15, 0.2) is 27.1 Å². The molecule has 1 atom stereocenters. The van der Waals surface area contributed by atoms with Crippen molar-refractivity contribution in [2.45, 2.75) is 25.9 Å². The van der Waals surface area contributed by atoms with Gasteiger partial charge in [-0.1, -0.05) is 6.07 Å². The summed E-state index contributed by atoms with van der Waals surface area (Å²) in [5.74, 6) is 0. The van der Waals surface area contributed by atoms with E-state index in [9.17, 15) is 0 Å². The molecule has 0 bridgehead atoms. The van der Waals surface area contributed by atoms with Gasteiger partial charge in [-0.2, -0.15) is 5.26 Å². The molecule has 1 unspecified atom stereocenters. The summed E-state index contributed by atoms with van der Waals surface area (Å²) in [6.45, 7) is 4.05. The molecule has 0 amide bonds. The first-order chi connectivity index (χ1) is 7.04. The summed E-state index contributed by atoms with van der Waals surface area (Å²) in [7, 11) is 0. The van der Waals surface area contributed by atoms with E-state index in [1.165, 1.54) is 0 Å². The van der Waals surface area contributed by atoms with Gasteiger partial charge in [-0.05, 0) is 63.4 Å². The molecule has 80 valence electrons. The highest BCUT2D eigenvalue weighted by atomic mass is 79.9. The van der Waals surface area contributed by atoms with Gasteiger partial charge < -0.3 is 0 Å². The van der Waals surface area contributed by atoms with Gasteiger partial charge in [0.25, 0.3) is 0 Å². The average Bonchev–Trinajstić information content (AvgIpc) is 2.18. The highest BCUT2D eigenvalue weighted by Crippen LogP contribution is 2.26. The molecule has 0 aliphatic rings. The number of hydrogen-bond acceptors (Lipinski definition) is 2. The summed E-state index contributed by atoms with van der Waals surface area (Å²) in [6, 6.07) is 8.11. The smallest absolute Gasteiger partial charge is 0.121 e. The van der Waals surface area contributed by atoms with Gasteiger partial charge in [-0.15, -0.1) is 0 Å². The van der Waals surface area contributed by atoms with Gasteiger partial charge in [0.15, 0.2) is 0 Å². The average molecular weight is 332 g/mol. The molecule has 0 aliphatic heterocycles. The van der Waals surface area contributed by atoms with Crippen LogP contribution in [0.1, 0.15) is 25.5 Å². The number of rotatable bonds is 3. The van der Waals surface area contributed by atoms with Crippen molar-refractivity contribution in [2.75, 3.05) is 0 Å². The summed E-state index contributed by atoms with van der Waals surface area (Å²) in [6.07, 6.45) is 0. The fourth-order valence-electron chi connectivity index (χ4n) is 1.23. The van der Waals surface area contributed by atoms with E-state index in [-0.39, 0.29) is 12.1 Å². The van der Waals surface area contributed by atoms with E-state index in [1.807, 2.05) is 32.0 Å². The Morgan fingerprint density at radius 2 is 1.93 bits per heavy atom. The van der Waals surface area contributed by atoms with Crippen LogP contribution in [-0.4, -0.2) is 6.04 Å². The number of hydrogen-bond donors (Lipinski definition) is 1. The van der Waals surface area contributed by atoms with Crippen LogP contribution in [0, 0.1) is 11.3 Å². The van der Waals surface area contributed by atoms with Gasteiger partial charge in [0.05, 0.1) is 6.07 Å². The fraction of sp³-hybridized carbons (Fsp3) is 0.364. The molecule has 0 spiro atoms. The monoisotopic (exact) mass is 330 g/mol.